The van der Waals surface area contributed by atoms with Crippen LogP contribution < -0.4 is 21.3 Å². The lowest BCUT2D eigenvalue weighted by Crippen LogP contribution is -2.38. The summed E-state index contributed by atoms with van der Waals surface area (Å²) in [6.07, 6.45) is -0.115. The Bertz CT molecular complexity index is 1000. The maximum Gasteiger partial charge on any atom is 0.269 e. The lowest BCUT2D eigenvalue weighted by molar-refractivity contribution is -0.384. The van der Waals surface area contributed by atoms with Crippen molar-refractivity contribution >= 4 is 40.8 Å². The summed E-state index contributed by atoms with van der Waals surface area (Å²) in [5.41, 5.74) is 6.78. The summed E-state index contributed by atoms with van der Waals surface area (Å²) >= 11 is 0. The molecular weight excluding hydrogens is 394 g/mol. The summed E-state index contributed by atoms with van der Waals surface area (Å²) in [5, 5.41) is 16.1. The van der Waals surface area contributed by atoms with Gasteiger partial charge in [0, 0.05) is 37.3 Å². The molecule has 30 heavy (non-hydrogen) atoms. The van der Waals surface area contributed by atoms with Crippen LogP contribution in [0.3, 0.4) is 0 Å². The third-order valence-electron chi connectivity index (χ3n) is 4.92. The van der Waals surface area contributed by atoms with Crippen LogP contribution in [0.1, 0.15) is 17.9 Å². The minimum absolute atomic E-state index is 0.0938. The molecular formula is C18H19N7O5. The smallest absolute Gasteiger partial charge is 0.269 e. The molecule has 1 fully saturated rings. The van der Waals surface area contributed by atoms with E-state index in [1.807, 2.05) is 4.90 Å². The maximum atomic E-state index is 12.9. The maximum absolute atomic E-state index is 12.9. The standard InChI is InChI=1S/C18H19N7O5/c19-15-14-12(17(27)20-10-1-3-11(4-2-10)25(28)29)9-13(26)21-16(14)23-18(22-15)24-5-7-30-8-6-24/h1-4,12H,5-9H2,(H,20,27)(H3,19,21,22,23,26)/t12-/m1/s1. The fourth-order valence-electron chi connectivity index (χ4n) is 3.41. The second kappa shape index (κ2) is 7.91. The Kier molecular flexibility index (Phi) is 5.14. The molecule has 0 spiro atoms. The molecule has 1 atom stereocenters. The van der Waals surface area contributed by atoms with E-state index in [1.54, 1.807) is 0 Å². The SMILES string of the molecule is Nc1nc(N2CCOCC2)nc2c1[C@H](C(=O)Nc1ccc([N+](=O)[O-])cc1)CC(=O)N2. The van der Waals surface area contributed by atoms with Crippen molar-refractivity contribution in [3.05, 3.63) is 39.9 Å². The van der Waals surface area contributed by atoms with E-state index in [4.69, 9.17) is 10.5 Å². The van der Waals surface area contributed by atoms with E-state index in [1.165, 1.54) is 24.3 Å². The zero-order valence-electron chi connectivity index (χ0n) is 15.8. The Morgan fingerprint density at radius 2 is 1.97 bits per heavy atom. The van der Waals surface area contributed by atoms with Gasteiger partial charge in [-0.3, -0.25) is 19.7 Å². The lowest BCUT2D eigenvalue weighted by Gasteiger charge is -2.30. The van der Waals surface area contributed by atoms with Crippen molar-refractivity contribution < 1.29 is 19.2 Å². The molecule has 1 aromatic heterocycles. The number of fused-ring (bicyclic) bond motifs is 1. The second-order valence-corrected chi connectivity index (χ2v) is 6.87. The minimum Gasteiger partial charge on any atom is -0.383 e. The number of carbonyl (C=O) groups excluding carboxylic acids is 2. The fraction of sp³-hybridized carbons (Fsp3) is 0.333. The molecule has 1 aromatic carbocycles. The molecule has 0 radical (unpaired) electrons. The second-order valence-electron chi connectivity index (χ2n) is 6.87. The molecule has 0 unspecified atom stereocenters. The number of rotatable bonds is 4. The molecule has 2 aliphatic rings. The van der Waals surface area contributed by atoms with Gasteiger partial charge in [-0.15, -0.1) is 0 Å². The molecule has 4 N–H and O–H groups in total. The monoisotopic (exact) mass is 413 g/mol. The van der Waals surface area contributed by atoms with Gasteiger partial charge in [0.15, 0.2) is 0 Å². The molecule has 3 heterocycles. The first-order valence-electron chi connectivity index (χ1n) is 9.27. The predicted octanol–water partition coefficient (Wildman–Crippen LogP) is 0.868. The third-order valence-corrected chi connectivity index (χ3v) is 4.92. The number of nitro groups is 1. The number of morpholine rings is 1. The van der Waals surface area contributed by atoms with Crippen LogP contribution in [0.5, 0.6) is 0 Å². The van der Waals surface area contributed by atoms with Crippen LogP contribution in [-0.2, 0) is 14.3 Å². The number of nitrogens with zero attached hydrogens (tertiary/aromatic N) is 4. The van der Waals surface area contributed by atoms with Gasteiger partial charge in [-0.25, -0.2) is 0 Å². The summed E-state index contributed by atoms with van der Waals surface area (Å²) < 4.78 is 5.32. The number of nitrogen functional groups attached to an aromatic ring is 1. The number of carbonyl (C=O) groups is 2. The number of nitrogens with two attached hydrogens (primary N) is 1. The average molecular weight is 413 g/mol. The van der Waals surface area contributed by atoms with Gasteiger partial charge in [0.05, 0.1) is 29.6 Å². The van der Waals surface area contributed by atoms with E-state index in [2.05, 4.69) is 20.6 Å². The van der Waals surface area contributed by atoms with Crippen LogP contribution in [0.4, 0.5) is 29.0 Å². The lowest BCUT2D eigenvalue weighted by atomic mass is 9.92. The normalized spacial score (nSPS) is 18.3. The molecule has 0 aliphatic carbocycles. The first-order chi connectivity index (χ1) is 14.4. The topological polar surface area (TPSA) is 166 Å². The Balaban J connectivity index is 1.59. The molecule has 2 aromatic rings. The minimum atomic E-state index is -0.886. The molecule has 12 nitrogen and oxygen atoms in total. The van der Waals surface area contributed by atoms with Crippen LogP contribution in [0.25, 0.3) is 0 Å². The number of non-ortho nitro benzene ring substituents is 1. The van der Waals surface area contributed by atoms with Crippen LogP contribution in [0, 0.1) is 10.1 Å². The number of hydrogen-bond donors (Lipinski definition) is 3. The van der Waals surface area contributed by atoms with Crippen molar-refractivity contribution in [1.29, 1.82) is 0 Å². The fourth-order valence-corrected chi connectivity index (χ4v) is 3.41. The highest BCUT2D eigenvalue weighted by Gasteiger charge is 2.35. The van der Waals surface area contributed by atoms with E-state index < -0.39 is 16.7 Å². The summed E-state index contributed by atoms with van der Waals surface area (Å²) in [5.74, 6) is -1.03. The van der Waals surface area contributed by atoms with E-state index in [-0.39, 0.29) is 29.7 Å². The zero-order valence-corrected chi connectivity index (χ0v) is 15.8. The van der Waals surface area contributed by atoms with Crippen molar-refractivity contribution in [1.82, 2.24) is 9.97 Å². The van der Waals surface area contributed by atoms with Crippen LogP contribution in [0.15, 0.2) is 24.3 Å². The summed E-state index contributed by atoms with van der Waals surface area (Å²) in [7, 11) is 0. The van der Waals surface area contributed by atoms with Crippen molar-refractivity contribution in [2.45, 2.75) is 12.3 Å². The summed E-state index contributed by atoms with van der Waals surface area (Å²) in [6.45, 7) is 2.26. The first kappa shape index (κ1) is 19.5. The Labute approximate surface area is 170 Å². The van der Waals surface area contributed by atoms with Crippen LogP contribution in [0.2, 0.25) is 0 Å². The number of benzene rings is 1. The van der Waals surface area contributed by atoms with Gasteiger partial charge >= 0.3 is 0 Å². The molecule has 0 bridgehead atoms. The molecule has 12 heteroatoms. The Hall–Kier alpha value is -3.80. The number of nitro benzene ring substituents is 1. The van der Waals surface area contributed by atoms with Crippen molar-refractivity contribution in [3.8, 4) is 0 Å². The largest absolute Gasteiger partial charge is 0.383 e. The number of aromatic nitrogens is 2. The number of hydrogen-bond acceptors (Lipinski definition) is 9. The Morgan fingerprint density at radius 1 is 1.27 bits per heavy atom. The number of ether oxygens (including phenoxy) is 1. The molecule has 156 valence electrons. The quantitative estimate of drug-likeness (QED) is 0.487. The highest BCUT2D eigenvalue weighted by Crippen LogP contribution is 2.36. The molecule has 2 amide bonds. The average Bonchev–Trinajstić information content (AvgIpc) is 2.73. The van der Waals surface area contributed by atoms with E-state index in [9.17, 15) is 19.7 Å². The van der Waals surface area contributed by atoms with E-state index >= 15 is 0 Å². The van der Waals surface area contributed by atoms with Gasteiger partial charge < -0.3 is 26.0 Å². The van der Waals surface area contributed by atoms with E-state index in [0.29, 0.717) is 43.5 Å². The van der Waals surface area contributed by atoms with Crippen molar-refractivity contribution in [3.63, 3.8) is 0 Å². The van der Waals surface area contributed by atoms with Crippen LogP contribution >= 0.6 is 0 Å². The van der Waals surface area contributed by atoms with Gasteiger partial charge in [0.25, 0.3) is 5.69 Å². The first-order valence-corrected chi connectivity index (χ1v) is 9.27. The molecule has 4 rings (SSSR count). The van der Waals surface area contributed by atoms with Crippen LogP contribution in [-0.4, -0.2) is 53.0 Å². The Morgan fingerprint density at radius 3 is 2.63 bits per heavy atom. The molecule has 0 saturated carbocycles. The molecule has 2 aliphatic heterocycles. The summed E-state index contributed by atoms with van der Waals surface area (Å²) in [4.78, 5) is 46.0. The van der Waals surface area contributed by atoms with Crippen molar-refractivity contribution in [2.75, 3.05) is 47.6 Å². The predicted molar refractivity (Wildman–Crippen MR) is 107 cm³/mol. The summed E-state index contributed by atoms with van der Waals surface area (Å²) in [6, 6.07) is 5.40. The number of nitrogens with one attached hydrogen (secondary N) is 2. The highest BCUT2D eigenvalue weighted by molar-refractivity contribution is 6.05. The van der Waals surface area contributed by atoms with Gasteiger partial charge in [0.2, 0.25) is 17.8 Å². The van der Waals surface area contributed by atoms with E-state index in [0.717, 1.165) is 0 Å². The van der Waals surface area contributed by atoms with Gasteiger partial charge in [-0.1, -0.05) is 0 Å². The van der Waals surface area contributed by atoms with Gasteiger partial charge in [0.1, 0.15) is 11.6 Å². The van der Waals surface area contributed by atoms with Gasteiger partial charge in [-0.05, 0) is 12.1 Å². The number of amides is 2. The number of anilines is 4. The molecule has 1 saturated heterocycles. The van der Waals surface area contributed by atoms with Gasteiger partial charge in [-0.2, -0.15) is 9.97 Å². The highest BCUT2D eigenvalue weighted by atomic mass is 16.6. The zero-order chi connectivity index (χ0) is 21.3. The van der Waals surface area contributed by atoms with Crippen molar-refractivity contribution in [2.24, 2.45) is 0 Å². The third kappa shape index (κ3) is 3.85.